The van der Waals surface area contributed by atoms with Gasteiger partial charge in [-0.2, -0.15) is 0 Å². The lowest BCUT2D eigenvalue weighted by Gasteiger charge is -2.27. The second kappa shape index (κ2) is 4.42. The van der Waals surface area contributed by atoms with E-state index in [2.05, 4.69) is 18.8 Å². The minimum atomic E-state index is 0.275. The van der Waals surface area contributed by atoms with Crippen molar-refractivity contribution in [1.29, 1.82) is 0 Å². The topological polar surface area (TPSA) is 29.4 Å². The van der Waals surface area contributed by atoms with Gasteiger partial charge in [0, 0.05) is 0 Å². The van der Waals surface area contributed by atoms with Crippen molar-refractivity contribution in [3.63, 3.8) is 0 Å². The second-order valence-electron chi connectivity index (χ2n) is 4.03. The molecule has 1 saturated carbocycles. The maximum atomic E-state index is 10.00. The Balaban J connectivity index is 2.34. The molecule has 68 valence electrons. The molecular formula is C10H17NO. The van der Waals surface area contributed by atoms with Gasteiger partial charge < -0.3 is 0 Å². The molecule has 0 aliphatic heterocycles. The van der Waals surface area contributed by atoms with Crippen LogP contribution in [0.3, 0.4) is 0 Å². The van der Waals surface area contributed by atoms with Crippen LogP contribution >= 0.6 is 0 Å². The van der Waals surface area contributed by atoms with E-state index >= 15 is 0 Å². The molecule has 0 heterocycles. The number of nitrogens with zero attached hydrogens (tertiary/aromatic N) is 1. The minimum Gasteiger partial charge on any atom is -0.211 e. The van der Waals surface area contributed by atoms with Crippen LogP contribution in [0.25, 0.3) is 0 Å². The van der Waals surface area contributed by atoms with Crippen molar-refractivity contribution < 1.29 is 4.79 Å². The van der Waals surface area contributed by atoms with Crippen LogP contribution in [0.5, 0.6) is 0 Å². The smallest absolute Gasteiger partial charge is 0.211 e. The molecule has 0 radical (unpaired) electrons. The van der Waals surface area contributed by atoms with Crippen LogP contribution in [0, 0.1) is 11.8 Å². The van der Waals surface area contributed by atoms with Gasteiger partial charge >= 0.3 is 0 Å². The lowest BCUT2D eigenvalue weighted by Crippen LogP contribution is -2.20. The van der Waals surface area contributed by atoms with Gasteiger partial charge in [0.05, 0.1) is 6.04 Å². The fourth-order valence-electron chi connectivity index (χ4n) is 1.97. The maximum absolute atomic E-state index is 10.00. The lowest BCUT2D eigenvalue weighted by atomic mass is 9.80. The summed E-state index contributed by atoms with van der Waals surface area (Å²) in [5, 5.41) is 0. The molecule has 0 bridgehead atoms. The first-order valence-electron chi connectivity index (χ1n) is 4.81. The molecule has 0 aromatic rings. The average Bonchev–Trinajstić information content (AvgIpc) is 2.06. The Hall–Kier alpha value is -0.620. The number of carbonyl (C=O) groups excluding carboxylic acids is 1. The highest BCUT2D eigenvalue weighted by molar-refractivity contribution is 5.33. The van der Waals surface area contributed by atoms with E-state index in [1.54, 1.807) is 6.08 Å². The predicted molar refractivity (Wildman–Crippen MR) is 48.7 cm³/mol. The lowest BCUT2D eigenvalue weighted by molar-refractivity contribution is 0.260. The highest BCUT2D eigenvalue weighted by Gasteiger charge is 2.22. The van der Waals surface area contributed by atoms with Crippen LogP contribution in [-0.2, 0) is 4.79 Å². The summed E-state index contributed by atoms with van der Waals surface area (Å²) in [6.45, 7) is 4.54. The zero-order chi connectivity index (χ0) is 8.97. The zero-order valence-corrected chi connectivity index (χ0v) is 7.92. The van der Waals surface area contributed by atoms with Gasteiger partial charge in [0.15, 0.2) is 0 Å². The molecule has 2 heteroatoms. The van der Waals surface area contributed by atoms with Crippen LogP contribution in [0.15, 0.2) is 4.99 Å². The van der Waals surface area contributed by atoms with E-state index in [1.807, 2.05) is 0 Å². The highest BCUT2D eigenvalue weighted by Crippen LogP contribution is 2.30. The van der Waals surface area contributed by atoms with Crippen LogP contribution in [0.2, 0.25) is 0 Å². The largest absolute Gasteiger partial charge is 0.235 e. The van der Waals surface area contributed by atoms with Crippen LogP contribution in [0.4, 0.5) is 0 Å². The van der Waals surface area contributed by atoms with Crippen LogP contribution in [0.1, 0.15) is 39.5 Å². The van der Waals surface area contributed by atoms with Crippen LogP contribution < -0.4 is 0 Å². The molecule has 1 aliphatic rings. The molecule has 12 heavy (non-hydrogen) atoms. The Labute approximate surface area is 74.1 Å². The molecule has 0 aromatic heterocycles. The Morgan fingerprint density at radius 1 is 1.25 bits per heavy atom. The number of hydrogen-bond donors (Lipinski definition) is 0. The summed E-state index contributed by atoms with van der Waals surface area (Å²) in [6.07, 6.45) is 6.28. The van der Waals surface area contributed by atoms with Crippen molar-refractivity contribution in [3.05, 3.63) is 0 Å². The Morgan fingerprint density at radius 2 is 1.83 bits per heavy atom. The van der Waals surface area contributed by atoms with Crippen molar-refractivity contribution in [3.8, 4) is 0 Å². The van der Waals surface area contributed by atoms with Gasteiger partial charge in [-0.25, -0.2) is 9.79 Å². The monoisotopic (exact) mass is 167 g/mol. The normalized spacial score (nSPS) is 29.9. The Morgan fingerprint density at radius 3 is 2.25 bits per heavy atom. The van der Waals surface area contributed by atoms with E-state index in [0.717, 1.165) is 24.7 Å². The summed E-state index contributed by atoms with van der Waals surface area (Å²) in [5.41, 5.74) is 0. The molecule has 0 saturated heterocycles. The fraction of sp³-hybridized carbons (Fsp3) is 0.900. The summed E-state index contributed by atoms with van der Waals surface area (Å²) in [4.78, 5) is 13.8. The Kier molecular flexibility index (Phi) is 3.48. The van der Waals surface area contributed by atoms with Gasteiger partial charge in [-0.15, -0.1) is 0 Å². The minimum absolute atomic E-state index is 0.275. The first kappa shape index (κ1) is 9.47. The van der Waals surface area contributed by atoms with Crippen molar-refractivity contribution >= 4 is 6.08 Å². The third kappa shape index (κ3) is 2.46. The summed E-state index contributed by atoms with van der Waals surface area (Å²) in [6, 6.07) is 0.275. The van der Waals surface area contributed by atoms with Gasteiger partial charge in [0.2, 0.25) is 6.08 Å². The molecular weight excluding hydrogens is 150 g/mol. The molecule has 0 amide bonds. The summed E-state index contributed by atoms with van der Waals surface area (Å²) in [5.74, 6) is 1.63. The first-order valence-corrected chi connectivity index (χ1v) is 4.81. The number of isocyanates is 1. The maximum Gasteiger partial charge on any atom is 0.235 e. The molecule has 0 spiro atoms. The van der Waals surface area contributed by atoms with Crippen molar-refractivity contribution in [2.24, 2.45) is 16.8 Å². The summed E-state index contributed by atoms with van der Waals surface area (Å²) in [7, 11) is 0. The van der Waals surface area contributed by atoms with E-state index in [0.29, 0.717) is 0 Å². The number of aliphatic imine (C=N–C) groups is 1. The van der Waals surface area contributed by atoms with Gasteiger partial charge in [-0.1, -0.05) is 13.8 Å². The predicted octanol–water partition coefficient (Wildman–Crippen LogP) is 2.54. The van der Waals surface area contributed by atoms with Crippen molar-refractivity contribution in [1.82, 2.24) is 0 Å². The zero-order valence-electron chi connectivity index (χ0n) is 7.92. The van der Waals surface area contributed by atoms with Crippen LogP contribution in [-0.4, -0.2) is 12.1 Å². The van der Waals surface area contributed by atoms with E-state index < -0.39 is 0 Å². The van der Waals surface area contributed by atoms with Gasteiger partial charge in [0.25, 0.3) is 0 Å². The second-order valence-corrected chi connectivity index (χ2v) is 4.03. The standard InChI is InChI=1S/C10H17NO/c1-8(2)9-3-5-10(6-4-9)11-7-12/h8-10H,3-6H2,1-2H3. The molecule has 2 nitrogen and oxygen atoms in total. The first-order chi connectivity index (χ1) is 5.74. The third-order valence-electron chi connectivity index (χ3n) is 2.92. The highest BCUT2D eigenvalue weighted by atomic mass is 16.1. The van der Waals surface area contributed by atoms with Crippen molar-refractivity contribution in [2.75, 3.05) is 0 Å². The van der Waals surface area contributed by atoms with E-state index in [-0.39, 0.29) is 6.04 Å². The molecule has 0 N–H and O–H groups in total. The average molecular weight is 167 g/mol. The summed E-state index contributed by atoms with van der Waals surface area (Å²) >= 11 is 0. The van der Waals surface area contributed by atoms with Gasteiger partial charge in [-0.3, -0.25) is 0 Å². The Bertz CT molecular complexity index is 174. The molecule has 1 aliphatic carbocycles. The quantitative estimate of drug-likeness (QED) is 0.459. The van der Waals surface area contributed by atoms with Gasteiger partial charge in [0.1, 0.15) is 0 Å². The molecule has 0 aromatic carbocycles. The fourth-order valence-corrected chi connectivity index (χ4v) is 1.97. The van der Waals surface area contributed by atoms with Crippen molar-refractivity contribution in [2.45, 2.75) is 45.6 Å². The SMILES string of the molecule is CC(C)C1CCC(N=C=O)CC1. The molecule has 0 atom stereocenters. The summed E-state index contributed by atoms with van der Waals surface area (Å²) < 4.78 is 0. The third-order valence-corrected chi connectivity index (χ3v) is 2.92. The molecule has 1 fully saturated rings. The number of hydrogen-bond acceptors (Lipinski definition) is 2. The van der Waals surface area contributed by atoms with E-state index in [9.17, 15) is 4.79 Å². The van der Waals surface area contributed by atoms with Gasteiger partial charge in [-0.05, 0) is 37.5 Å². The van der Waals surface area contributed by atoms with E-state index in [1.165, 1.54) is 12.8 Å². The molecule has 0 unspecified atom stereocenters. The number of rotatable bonds is 2. The molecule has 1 rings (SSSR count). The van der Waals surface area contributed by atoms with E-state index in [4.69, 9.17) is 0 Å².